The van der Waals surface area contributed by atoms with Crippen molar-refractivity contribution in [3.63, 3.8) is 0 Å². The summed E-state index contributed by atoms with van der Waals surface area (Å²) in [4.78, 5) is 15.4. The average Bonchev–Trinajstić information content (AvgIpc) is 2.36. The minimum absolute atomic E-state index is 0.179. The van der Waals surface area contributed by atoms with Crippen LogP contribution in [-0.2, 0) is 4.74 Å². The van der Waals surface area contributed by atoms with Gasteiger partial charge >= 0.3 is 5.97 Å². The Bertz CT molecular complexity index is 583. The molecule has 1 aromatic heterocycles. The van der Waals surface area contributed by atoms with Gasteiger partial charge in [-0.25, -0.2) is 9.78 Å². The average molecular weight is 252 g/mol. The highest BCUT2D eigenvalue weighted by molar-refractivity contribution is 6.34. The van der Waals surface area contributed by atoms with Crippen LogP contribution in [0, 0.1) is 0 Å². The van der Waals surface area contributed by atoms with E-state index < -0.39 is 5.97 Å². The van der Waals surface area contributed by atoms with E-state index in [1.807, 2.05) is 0 Å². The van der Waals surface area contributed by atoms with Crippen LogP contribution in [-0.4, -0.2) is 25.2 Å². The third kappa shape index (κ3) is 2.17. The minimum atomic E-state index is -0.517. The predicted octanol–water partition coefficient (Wildman–Crippen LogP) is 2.68. The highest BCUT2D eigenvalue weighted by Gasteiger charge is 2.11. The number of methoxy groups -OCH3 is 2. The Morgan fingerprint density at radius 3 is 2.71 bits per heavy atom. The topological polar surface area (TPSA) is 48.4 Å². The maximum Gasteiger partial charge on any atom is 0.356 e. The molecule has 0 bridgehead atoms. The number of hydrogen-bond acceptors (Lipinski definition) is 4. The lowest BCUT2D eigenvalue weighted by Gasteiger charge is -2.05. The van der Waals surface area contributed by atoms with Crippen molar-refractivity contribution in [3.8, 4) is 5.75 Å². The Hall–Kier alpha value is -1.81. The molecule has 0 aliphatic heterocycles. The molecule has 0 fully saturated rings. The summed E-state index contributed by atoms with van der Waals surface area (Å²) in [6.07, 6.45) is 0. The third-order valence-corrected chi connectivity index (χ3v) is 2.67. The van der Waals surface area contributed by atoms with E-state index in [1.165, 1.54) is 7.11 Å². The maximum atomic E-state index is 11.4. The summed E-state index contributed by atoms with van der Waals surface area (Å²) in [5.41, 5.74) is 0.179. The second kappa shape index (κ2) is 4.59. The van der Waals surface area contributed by atoms with Gasteiger partial charge in [-0.1, -0.05) is 11.6 Å². The summed E-state index contributed by atoms with van der Waals surface area (Å²) >= 11 is 6.00. The molecule has 0 unspecified atom stereocenters. The van der Waals surface area contributed by atoms with Crippen LogP contribution in [0.4, 0.5) is 0 Å². The lowest BCUT2D eigenvalue weighted by Crippen LogP contribution is -2.04. The van der Waals surface area contributed by atoms with Gasteiger partial charge in [0.05, 0.1) is 14.2 Å². The summed E-state index contributed by atoms with van der Waals surface area (Å²) in [7, 11) is 2.87. The van der Waals surface area contributed by atoms with Gasteiger partial charge in [-0.2, -0.15) is 0 Å². The summed E-state index contributed by atoms with van der Waals surface area (Å²) in [5, 5.41) is 1.82. The van der Waals surface area contributed by atoms with E-state index in [-0.39, 0.29) is 10.8 Å². The van der Waals surface area contributed by atoms with Gasteiger partial charge in [0.2, 0.25) is 0 Å². The first-order valence-corrected chi connectivity index (χ1v) is 5.26. The third-order valence-electron chi connectivity index (χ3n) is 2.39. The fourth-order valence-corrected chi connectivity index (χ4v) is 1.79. The molecule has 0 saturated heterocycles. The molecule has 1 heterocycles. The standard InChI is InChI=1S/C12H10ClNO3/c1-16-8-3-4-9-7(5-8)6-10(12(15)17-2)14-11(9)13/h3-6H,1-2H3. The highest BCUT2D eigenvalue weighted by Crippen LogP contribution is 2.26. The first kappa shape index (κ1) is 11.7. The van der Waals surface area contributed by atoms with Gasteiger partial charge in [-0.05, 0) is 29.7 Å². The zero-order valence-corrected chi connectivity index (χ0v) is 10.1. The van der Waals surface area contributed by atoms with Gasteiger partial charge < -0.3 is 9.47 Å². The van der Waals surface area contributed by atoms with Crippen molar-refractivity contribution in [1.82, 2.24) is 4.98 Å². The number of pyridine rings is 1. The molecule has 88 valence electrons. The van der Waals surface area contributed by atoms with E-state index in [0.717, 1.165) is 10.8 Å². The Morgan fingerprint density at radius 1 is 1.29 bits per heavy atom. The molecule has 0 N–H and O–H groups in total. The van der Waals surface area contributed by atoms with Crippen LogP contribution >= 0.6 is 11.6 Å². The Kier molecular flexibility index (Phi) is 3.15. The maximum absolute atomic E-state index is 11.4. The van der Waals surface area contributed by atoms with Gasteiger partial charge in [0.1, 0.15) is 10.9 Å². The van der Waals surface area contributed by atoms with Gasteiger partial charge in [0.25, 0.3) is 0 Å². The van der Waals surface area contributed by atoms with Gasteiger partial charge in [0, 0.05) is 5.39 Å². The molecular formula is C12H10ClNO3. The van der Waals surface area contributed by atoms with Crippen LogP contribution < -0.4 is 4.74 Å². The second-order valence-corrected chi connectivity index (χ2v) is 3.73. The Labute approximate surface area is 103 Å². The molecule has 2 rings (SSSR count). The number of rotatable bonds is 2. The molecule has 0 aliphatic carbocycles. The molecule has 0 spiro atoms. The first-order valence-electron chi connectivity index (χ1n) is 4.88. The fraction of sp³-hybridized carbons (Fsp3) is 0.167. The fourth-order valence-electron chi connectivity index (χ4n) is 1.53. The molecule has 17 heavy (non-hydrogen) atoms. The number of ether oxygens (including phenoxy) is 2. The van der Waals surface area contributed by atoms with Gasteiger partial charge in [-0.3, -0.25) is 0 Å². The molecule has 0 aliphatic rings. The van der Waals surface area contributed by atoms with E-state index in [0.29, 0.717) is 5.75 Å². The van der Waals surface area contributed by atoms with Crippen molar-refractivity contribution >= 4 is 28.3 Å². The van der Waals surface area contributed by atoms with Gasteiger partial charge in [0.15, 0.2) is 5.69 Å². The first-order chi connectivity index (χ1) is 8.15. The number of carbonyl (C=O) groups is 1. The normalized spacial score (nSPS) is 10.3. The Balaban J connectivity index is 2.65. The van der Waals surface area contributed by atoms with Crippen molar-refractivity contribution in [2.45, 2.75) is 0 Å². The molecule has 0 amide bonds. The van der Waals surface area contributed by atoms with Crippen molar-refractivity contribution in [1.29, 1.82) is 0 Å². The number of aromatic nitrogens is 1. The van der Waals surface area contributed by atoms with Crippen LogP contribution in [0.1, 0.15) is 10.5 Å². The predicted molar refractivity (Wildman–Crippen MR) is 64.6 cm³/mol. The highest BCUT2D eigenvalue weighted by atomic mass is 35.5. The number of esters is 1. The van der Waals surface area contributed by atoms with Crippen LogP contribution in [0.25, 0.3) is 10.8 Å². The summed E-state index contributed by atoms with van der Waals surface area (Å²) in [6.45, 7) is 0. The second-order valence-electron chi connectivity index (χ2n) is 3.38. The molecule has 2 aromatic rings. The van der Waals surface area contributed by atoms with Gasteiger partial charge in [-0.15, -0.1) is 0 Å². The number of benzene rings is 1. The number of halogens is 1. The molecule has 0 saturated carbocycles. The van der Waals surface area contributed by atoms with Crippen LogP contribution in [0.3, 0.4) is 0 Å². The lowest BCUT2D eigenvalue weighted by atomic mass is 10.1. The van der Waals surface area contributed by atoms with Crippen LogP contribution in [0.15, 0.2) is 24.3 Å². The minimum Gasteiger partial charge on any atom is -0.497 e. The monoisotopic (exact) mass is 251 g/mol. The molecular weight excluding hydrogens is 242 g/mol. The smallest absolute Gasteiger partial charge is 0.356 e. The van der Waals surface area contributed by atoms with Crippen molar-refractivity contribution in [2.24, 2.45) is 0 Å². The van der Waals surface area contributed by atoms with E-state index in [2.05, 4.69) is 9.72 Å². The van der Waals surface area contributed by atoms with Crippen molar-refractivity contribution in [2.75, 3.05) is 14.2 Å². The quantitative estimate of drug-likeness (QED) is 0.608. The number of hydrogen-bond donors (Lipinski definition) is 0. The van der Waals surface area contributed by atoms with E-state index in [4.69, 9.17) is 16.3 Å². The van der Waals surface area contributed by atoms with Crippen molar-refractivity contribution < 1.29 is 14.3 Å². The zero-order chi connectivity index (χ0) is 12.4. The van der Waals surface area contributed by atoms with Crippen LogP contribution in [0.2, 0.25) is 5.15 Å². The van der Waals surface area contributed by atoms with E-state index >= 15 is 0 Å². The molecule has 4 nitrogen and oxygen atoms in total. The molecule has 5 heteroatoms. The summed E-state index contributed by atoms with van der Waals surface area (Å²) < 4.78 is 9.71. The zero-order valence-electron chi connectivity index (χ0n) is 9.36. The molecule has 0 atom stereocenters. The van der Waals surface area contributed by atoms with Crippen LogP contribution in [0.5, 0.6) is 5.75 Å². The Morgan fingerprint density at radius 2 is 2.06 bits per heavy atom. The van der Waals surface area contributed by atoms with E-state index in [1.54, 1.807) is 31.4 Å². The number of fused-ring (bicyclic) bond motifs is 1. The lowest BCUT2D eigenvalue weighted by molar-refractivity contribution is 0.0594. The molecule has 1 aromatic carbocycles. The summed E-state index contributed by atoms with van der Waals surface area (Å²) in [5.74, 6) is 0.173. The number of nitrogens with zero attached hydrogens (tertiary/aromatic N) is 1. The summed E-state index contributed by atoms with van der Waals surface area (Å²) in [6, 6.07) is 6.99. The molecule has 0 radical (unpaired) electrons. The van der Waals surface area contributed by atoms with Crippen molar-refractivity contribution in [3.05, 3.63) is 35.1 Å². The van der Waals surface area contributed by atoms with E-state index in [9.17, 15) is 4.79 Å². The number of carbonyl (C=O) groups excluding carboxylic acids is 1. The largest absolute Gasteiger partial charge is 0.497 e. The SMILES string of the molecule is COC(=O)c1cc2cc(OC)ccc2c(Cl)n1.